The second-order valence-electron chi connectivity index (χ2n) is 6.12. The molecule has 0 bridgehead atoms. The summed E-state index contributed by atoms with van der Waals surface area (Å²) in [4.78, 5) is 11.9. The van der Waals surface area contributed by atoms with Crippen LogP contribution in [0, 0.1) is 25.2 Å². The lowest BCUT2D eigenvalue weighted by Crippen LogP contribution is -2.13. The predicted molar refractivity (Wildman–Crippen MR) is 93.3 cm³/mol. The van der Waals surface area contributed by atoms with E-state index in [-0.39, 0.29) is 11.9 Å². The van der Waals surface area contributed by atoms with Gasteiger partial charge in [-0.25, -0.2) is 0 Å². The van der Waals surface area contributed by atoms with Crippen molar-refractivity contribution in [3.05, 3.63) is 58.7 Å². The van der Waals surface area contributed by atoms with E-state index in [1.807, 2.05) is 60.4 Å². The lowest BCUT2D eigenvalue weighted by molar-refractivity contribution is -0.142. The Bertz CT molecular complexity index is 991. The fraction of sp³-hybridized carbons (Fsp3) is 0.316. The number of hydrogen-bond donors (Lipinski definition) is 0. The number of esters is 1. The van der Waals surface area contributed by atoms with Gasteiger partial charge >= 0.3 is 5.97 Å². The van der Waals surface area contributed by atoms with Crippen LogP contribution in [0.15, 0.2) is 30.6 Å². The number of hydrogen-bond acceptors (Lipinski definition) is 4. The molecule has 0 aromatic carbocycles. The highest BCUT2D eigenvalue weighted by molar-refractivity contribution is 5.78. The number of ether oxygens (including phenoxy) is 1. The average Bonchev–Trinajstić information content (AvgIpc) is 3.10. The Morgan fingerprint density at radius 1 is 1.40 bits per heavy atom. The van der Waals surface area contributed by atoms with Crippen molar-refractivity contribution in [1.82, 2.24) is 14.2 Å². The van der Waals surface area contributed by atoms with Gasteiger partial charge in [0.05, 0.1) is 36.3 Å². The zero-order valence-corrected chi connectivity index (χ0v) is 14.8. The summed E-state index contributed by atoms with van der Waals surface area (Å²) in [6, 6.07) is 8.06. The molecule has 0 N–H and O–H groups in total. The first-order valence-corrected chi connectivity index (χ1v) is 8.08. The van der Waals surface area contributed by atoms with Crippen molar-refractivity contribution in [2.24, 2.45) is 0 Å². The topological polar surface area (TPSA) is 72.3 Å². The second-order valence-corrected chi connectivity index (χ2v) is 6.12. The van der Waals surface area contributed by atoms with Crippen molar-refractivity contribution in [2.75, 3.05) is 7.11 Å². The monoisotopic (exact) mass is 336 g/mol. The normalized spacial score (nSPS) is 12.1. The van der Waals surface area contributed by atoms with Gasteiger partial charge in [0.25, 0.3) is 0 Å². The summed E-state index contributed by atoms with van der Waals surface area (Å²) >= 11 is 0. The molecular formula is C19H20N4O2. The van der Waals surface area contributed by atoms with E-state index < -0.39 is 0 Å². The number of nitrogens with zero attached hydrogens (tertiary/aromatic N) is 4. The number of aryl methyl sites for hydroxylation is 1. The number of methoxy groups -OCH3 is 1. The number of carbonyl (C=O) groups excluding carboxylic acids is 1. The van der Waals surface area contributed by atoms with Crippen molar-refractivity contribution < 1.29 is 9.53 Å². The van der Waals surface area contributed by atoms with Crippen LogP contribution in [-0.2, 0) is 16.1 Å². The summed E-state index contributed by atoms with van der Waals surface area (Å²) in [5.74, 6) is -0.652. The van der Waals surface area contributed by atoms with Gasteiger partial charge < -0.3 is 9.14 Å². The molecular weight excluding hydrogens is 316 g/mol. The number of rotatable bonds is 4. The molecule has 0 unspecified atom stereocenters. The van der Waals surface area contributed by atoms with Crippen molar-refractivity contribution in [2.45, 2.75) is 33.2 Å². The number of pyridine rings is 1. The van der Waals surface area contributed by atoms with Crippen LogP contribution >= 0.6 is 0 Å². The molecule has 0 radical (unpaired) electrons. The molecule has 0 saturated heterocycles. The molecule has 3 aromatic rings. The van der Waals surface area contributed by atoms with Gasteiger partial charge in [-0.1, -0.05) is 6.07 Å². The summed E-state index contributed by atoms with van der Waals surface area (Å²) in [5, 5.41) is 14.1. The molecule has 0 aliphatic carbocycles. The molecule has 128 valence electrons. The zero-order valence-electron chi connectivity index (χ0n) is 14.8. The summed E-state index contributed by atoms with van der Waals surface area (Å²) in [6.45, 7) is 6.13. The van der Waals surface area contributed by atoms with Gasteiger partial charge in [0.15, 0.2) is 0 Å². The van der Waals surface area contributed by atoms with E-state index >= 15 is 0 Å². The molecule has 6 nitrogen and oxygen atoms in total. The summed E-state index contributed by atoms with van der Waals surface area (Å²) < 4.78 is 8.65. The number of fused-ring (bicyclic) bond motifs is 1. The number of nitriles is 1. The lowest BCUT2D eigenvalue weighted by atomic mass is 9.99. The van der Waals surface area contributed by atoms with Crippen LogP contribution in [-0.4, -0.2) is 27.3 Å². The summed E-state index contributed by atoms with van der Waals surface area (Å²) in [5.41, 5.74) is 5.03. The predicted octanol–water partition coefficient (Wildman–Crippen LogP) is 2.95. The van der Waals surface area contributed by atoms with E-state index in [0.29, 0.717) is 12.1 Å². The van der Waals surface area contributed by atoms with Crippen molar-refractivity contribution in [3.63, 3.8) is 0 Å². The molecule has 6 heteroatoms. The molecule has 0 spiro atoms. The highest BCUT2D eigenvalue weighted by Crippen LogP contribution is 2.26. The summed E-state index contributed by atoms with van der Waals surface area (Å²) in [7, 11) is 1.39. The molecule has 0 aliphatic heterocycles. The standard InChI is InChI=1S/C19H20N4O2/c1-12(19(24)25-4)18-13(2)21-23(14(18)3)11-15-10-22-8-6-5-7-17(22)16(15)9-20/h5-8,10,12H,11H2,1-4H3/t12-/m1/s1. The molecule has 3 heterocycles. The van der Waals surface area contributed by atoms with E-state index in [4.69, 9.17) is 4.74 Å². The maximum Gasteiger partial charge on any atom is 0.312 e. The van der Waals surface area contributed by atoms with Crippen molar-refractivity contribution >= 4 is 11.5 Å². The maximum absolute atomic E-state index is 11.9. The van der Waals surface area contributed by atoms with Gasteiger partial charge in [0.2, 0.25) is 0 Å². The zero-order chi connectivity index (χ0) is 18.1. The number of aromatic nitrogens is 3. The first-order chi connectivity index (χ1) is 12.0. The molecule has 3 aromatic heterocycles. The Hall–Kier alpha value is -3.07. The third kappa shape index (κ3) is 2.78. The van der Waals surface area contributed by atoms with Crippen LogP contribution in [0.1, 0.15) is 40.9 Å². The second kappa shape index (κ2) is 6.44. The highest BCUT2D eigenvalue weighted by Gasteiger charge is 2.24. The first-order valence-electron chi connectivity index (χ1n) is 8.08. The fourth-order valence-corrected chi connectivity index (χ4v) is 3.37. The van der Waals surface area contributed by atoms with Crippen LogP contribution in [0.25, 0.3) is 5.52 Å². The van der Waals surface area contributed by atoms with Gasteiger partial charge in [-0.2, -0.15) is 10.4 Å². The van der Waals surface area contributed by atoms with Crippen molar-refractivity contribution in [3.8, 4) is 6.07 Å². The SMILES string of the molecule is COC(=O)[C@H](C)c1c(C)nn(Cc2cn3ccccc3c2C#N)c1C. The van der Waals surface area contributed by atoms with E-state index in [1.165, 1.54) is 7.11 Å². The minimum atomic E-state index is -0.373. The smallest absolute Gasteiger partial charge is 0.312 e. The fourth-order valence-electron chi connectivity index (χ4n) is 3.37. The van der Waals surface area contributed by atoms with E-state index in [9.17, 15) is 10.1 Å². The Kier molecular flexibility index (Phi) is 4.32. The van der Waals surface area contributed by atoms with E-state index in [0.717, 1.165) is 28.0 Å². The van der Waals surface area contributed by atoms with Gasteiger partial charge in [-0.15, -0.1) is 0 Å². The summed E-state index contributed by atoms with van der Waals surface area (Å²) in [6.07, 6.45) is 3.87. The van der Waals surface area contributed by atoms with Crippen LogP contribution in [0.2, 0.25) is 0 Å². The van der Waals surface area contributed by atoms with Gasteiger partial charge in [0, 0.05) is 29.2 Å². The third-order valence-electron chi connectivity index (χ3n) is 4.62. The minimum absolute atomic E-state index is 0.280. The van der Waals surface area contributed by atoms with E-state index in [1.54, 1.807) is 0 Å². The maximum atomic E-state index is 11.9. The van der Waals surface area contributed by atoms with Crippen LogP contribution in [0.5, 0.6) is 0 Å². The van der Waals surface area contributed by atoms with Crippen LogP contribution in [0.4, 0.5) is 0 Å². The Morgan fingerprint density at radius 3 is 2.84 bits per heavy atom. The highest BCUT2D eigenvalue weighted by atomic mass is 16.5. The lowest BCUT2D eigenvalue weighted by Gasteiger charge is -2.10. The quantitative estimate of drug-likeness (QED) is 0.687. The molecule has 25 heavy (non-hydrogen) atoms. The molecule has 3 rings (SSSR count). The Balaban J connectivity index is 2.03. The molecule has 0 aliphatic rings. The Morgan fingerprint density at radius 2 is 2.16 bits per heavy atom. The van der Waals surface area contributed by atoms with Gasteiger partial charge in [0.1, 0.15) is 6.07 Å². The Labute approximate surface area is 146 Å². The van der Waals surface area contributed by atoms with Gasteiger partial charge in [-0.05, 0) is 32.9 Å². The largest absolute Gasteiger partial charge is 0.469 e. The number of carbonyl (C=O) groups is 1. The third-order valence-corrected chi connectivity index (χ3v) is 4.62. The minimum Gasteiger partial charge on any atom is -0.469 e. The van der Waals surface area contributed by atoms with Crippen LogP contribution < -0.4 is 0 Å². The molecule has 0 amide bonds. The molecule has 0 fully saturated rings. The average molecular weight is 336 g/mol. The van der Waals surface area contributed by atoms with Crippen molar-refractivity contribution in [1.29, 1.82) is 5.26 Å². The molecule has 1 atom stereocenters. The molecule has 0 saturated carbocycles. The first kappa shape index (κ1) is 16.8. The van der Waals surface area contributed by atoms with Crippen LogP contribution in [0.3, 0.4) is 0 Å². The van der Waals surface area contributed by atoms with E-state index in [2.05, 4.69) is 11.2 Å². The van der Waals surface area contributed by atoms with Gasteiger partial charge in [-0.3, -0.25) is 9.48 Å².